The van der Waals surface area contributed by atoms with Crippen LogP contribution in [0.5, 0.6) is 17.2 Å². The monoisotopic (exact) mass is 1380 g/mol. The largest absolute Gasteiger partial charge is 1.00 e. The molecule has 4 aliphatic rings. The molecular weight excluding hydrogens is 1300 g/mol. The number of methoxy groups -OCH3 is 1. The van der Waals surface area contributed by atoms with E-state index in [0.29, 0.717) is 42.6 Å². The van der Waals surface area contributed by atoms with Gasteiger partial charge in [0, 0.05) is 88.7 Å². The van der Waals surface area contributed by atoms with Crippen LogP contribution in [-0.2, 0) is 47.7 Å². The van der Waals surface area contributed by atoms with E-state index >= 15 is 0 Å². The predicted molar refractivity (Wildman–Crippen MR) is 332 cm³/mol. The van der Waals surface area contributed by atoms with E-state index in [1.165, 1.54) is 25.5 Å². The first kappa shape index (κ1) is 78.3. The number of nitrogens with zero attached hydrogens (tertiary/aromatic N) is 4. The molecule has 15 atom stereocenters. The van der Waals surface area contributed by atoms with Crippen LogP contribution in [0.2, 0.25) is 0 Å². The molecule has 0 bridgehead atoms. The minimum absolute atomic E-state index is 0. The molecule has 0 radical (unpaired) electrons. The van der Waals surface area contributed by atoms with Crippen LogP contribution in [0.1, 0.15) is 93.7 Å². The number of carbonyl (C=O) groups is 8. The smallest absolute Gasteiger partial charge is 0.691 e. The van der Waals surface area contributed by atoms with Crippen LogP contribution in [0.15, 0.2) is 66.7 Å². The minimum atomic E-state index is -2.56. The van der Waals surface area contributed by atoms with Gasteiger partial charge in [-0.3, -0.25) is 43.4 Å². The zero-order chi connectivity index (χ0) is 69.2. The first-order valence-electron chi connectivity index (χ1n) is 31.1. The Morgan fingerprint density at radius 3 is 1.91 bits per heavy atom. The van der Waals surface area contributed by atoms with Gasteiger partial charge in [0.15, 0.2) is 17.7 Å². The van der Waals surface area contributed by atoms with Crippen molar-refractivity contribution in [2.75, 3.05) is 69.4 Å². The van der Waals surface area contributed by atoms with Gasteiger partial charge in [0.05, 0.1) is 37.4 Å². The molecule has 0 spiro atoms. The van der Waals surface area contributed by atoms with E-state index in [0.717, 1.165) is 81.0 Å². The van der Waals surface area contributed by atoms with Crippen molar-refractivity contribution in [3.8, 4) is 17.2 Å². The van der Waals surface area contributed by atoms with E-state index in [1.807, 2.05) is 24.3 Å². The van der Waals surface area contributed by atoms with Crippen molar-refractivity contribution in [3.63, 3.8) is 0 Å². The summed E-state index contributed by atoms with van der Waals surface area (Å²) in [7, 11) is 1.71. The van der Waals surface area contributed by atoms with Gasteiger partial charge in [-0.2, -0.15) is 0 Å². The Morgan fingerprint density at radius 2 is 1.30 bits per heavy atom. The summed E-state index contributed by atoms with van der Waals surface area (Å²) in [4.78, 5) is 120. The zero-order valence-electron chi connectivity index (χ0n) is 53.5. The zero-order valence-corrected chi connectivity index (χ0v) is 56.4. The molecule has 96 heavy (non-hydrogen) atoms. The SMILES string of the molecule is COCCCCCCCCOc1ccc(N2CCN(c3ccc(C(=O)NC4CC(O)C(O)NC(=O)C5C(O)C(C)CN5C(=O)C(C(O)CC(N)=O)NC(=O)C(C(O)C(O)c5ccc(O)c(OSOO[O-])c5)NC(=O)C5CC(O)CN5C(=O)C(C(C)O)NC4=O)cc3)CC2)cc1.[Na+]. The molecular formula is C61H85N10NaO23S. The molecule has 0 aliphatic carbocycles. The maximum absolute atomic E-state index is 14.7. The van der Waals surface area contributed by atoms with Crippen molar-refractivity contribution in [2.45, 2.75) is 157 Å². The van der Waals surface area contributed by atoms with E-state index in [4.69, 9.17) is 19.4 Å². The van der Waals surface area contributed by atoms with Gasteiger partial charge in [0.2, 0.25) is 41.4 Å². The van der Waals surface area contributed by atoms with Gasteiger partial charge in [-0.15, -0.1) is 4.33 Å². The van der Waals surface area contributed by atoms with E-state index < -0.39 is 182 Å². The molecule has 3 aromatic carbocycles. The number of nitrogens with one attached hydrogen (secondary N) is 5. The maximum atomic E-state index is 14.7. The predicted octanol–water partition coefficient (Wildman–Crippen LogP) is -7.11. The van der Waals surface area contributed by atoms with Crippen molar-refractivity contribution in [2.24, 2.45) is 11.7 Å². The number of hydrogen-bond donors (Lipinski definition) is 15. The number of benzene rings is 3. The molecule has 4 aliphatic heterocycles. The van der Waals surface area contributed by atoms with Crippen LogP contribution in [-0.4, -0.2) is 242 Å². The van der Waals surface area contributed by atoms with Crippen molar-refractivity contribution in [3.05, 3.63) is 77.9 Å². The van der Waals surface area contributed by atoms with Crippen LogP contribution >= 0.6 is 12.3 Å². The minimum Gasteiger partial charge on any atom is -0.691 e. The Morgan fingerprint density at radius 1 is 0.719 bits per heavy atom. The second-order valence-corrected chi connectivity index (χ2v) is 24.4. The van der Waals surface area contributed by atoms with Crippen LogP contribution in [0.4, 0.5) is 11.4 Å². The summed E-state index contributed by atoms with van der Waals surface area (Å²) in [5.41, 5.74) is 6.77. The third-order valence-electron chi connectivity index (χ3n) is 17.0. The van der Waals surface area contributed by atoms with Crippen molar-refractivity contribution < 1.29 is 142 Å². The average molecular weight is 1380 g/mol. The molecule has 33 nitrogen and oxygen atoms in total. The third kappa shape index (κ3) is 20.9. The molecule has 7 rings (SSSR count). The number of phenols is 1. The summed E-state index contributed by atoms with van der Waals surface area (Å²) in [5, 5.41) is 127. The fourth-order valence-corrected chi connectivity index (χ4v) is 12.0. The number of piperazine rings is 1. The van der Waals surface area contributed by atoms with Gasteiger partial charge >= 0.3 is 29.6 Å². The van der Waals surface area contributed by atoms with Crippen molar-refractivity contribution >= 4 is 71.0 Å². The number of aliphatic hydroxyl groups excluding tert-OH is 8. The normalized spacial score (nSPS) is 26.1. The average Bonchev–Trinajstić information content (AvgIpc) is 1.61. The molecule has 16 N–H and O–H groups in total. The number of primary amides is 1. The first-order chi connectivity index (χ1) is 45.3. The summed E-state index contributed by atoms with van der Waals surface area (Å²) >= 11 is -0.0940. The van der Waals surface area contributed by atoms with Gasteiger partial charge < -0.3 is 117 Å². The number of carbonyl (C=O) groups excluding carboxylic acids is 8. The van der Waals surface area contributed by atoms with Crippen LogP contribution in [0, 0.1) is 5.92 Å². The van der Waals surface area contributed by atoms with Gasteiger partial charge in [-0.1, -0.05) is 38.7 Å². The number of fused-ring (bicyclic) bond motifs is 2. The summed E-state index contributed by atoms with van der Waals surface area (Å²) in [6, 6.07) is 4.29. The second kappa shape index (κ2) is 37.3. The number of nitrogens with two attached hydrogens (primary N) is 1. The van der Waals surface area contributed by atoms with E-state index in [1.54, 1.807) is 19.2 Å². The van der Waals surface area contributed by atoms with Gasteiger partial charge in [0.25, 0.3) is 18.2 Å². The number of hydrogen-bond acceptors (Lipinski definition) is 26. The van der Waals surface area contributed by atoms with Gasteiger partial charge in [-0.05, 0) is 86.0 Å². The Kier molecular flexibility index (Phi) is 30.4. The number of anilines is 2. The fraction of sp³-hybridized carbons (Fsp3) is 0.574. The third-order valence-corrected chi connectivity index (χ3v) is 17.4. The molecule has 3 aromatic rings. The molecule has 0 aromatic heterocycles. The van der Waals surface area contributed by atoms with Crippen LogP contribution in [0.3, 0.4) is 0 Å². The standard InChI is InChI=1S/C61H86N10O23S.Na/c1-32-30-71-50(51(32)78)59(86)67-57(84)44(76)28-40(63-54(81)34-10-13-36(14-11-34)68-20-22-69(23-21-68)37-15-17-39(18-16-37)91-25-9-7-5-4-6-8-24-90-3)55(82)64-47(33(2)72)60(87)70-31-38(73)27-41(70)56(83)66-49(58(85)65-48(61(71)88)43(75)29-46(62)77)53(80)52(79)35-12-19-42(74)45(26-35)92-95-94-93-89;/h10-19,26,32-33,38,40-41,43-44,47-53,57,72-76,78-80,84,89H,4-9,20-25,27-31H2,1-3H3,(H2,62,77)(H,63,81)(H,64,82)(H,65,85)(H,66,83)(H,67,86);/q;+1/p-1. The van der Waals surface area contributed by atoms with E-state index in [-0.39, 0.29) is 53.0 Å². The second-order valence-electron chi connectivity index (χ2n) is 23.9. The Labute approximate surface area is 579 Å². The molecule has 8 amide bonds. The van der Waals surface area contributed by atoms with Crippen molar-refractivity contribution in [1.29, 1.82) is 0 Å². The number of unbranched alkanes of at least 4 members (excludes halogenated alkanes) is 5. The van der Waals surface area contributed by atoms with Gasteiger partial charge in [0.1, 0.15) is 60.3 Å². The molecule has 4 saturated heterocycles. The number of aliphatic hydroxyl groups is 8. The fourth-order valence-electron chi connectivity index (χ4n) is 11.7. The summed E-state index contributed by atoms with van der Waals surface area (Å²) < 4.78 is 20.1. The summed E-state index contributed by atoms with van der Waals surface area (Å²) in [6.45, 7) is 5.20. The molecule has 4 heterocycles. The summed E-state index contributed by atoms with van der Waals surface area (Å²) in [5.74, 6) is -11.9. The number of aromatic hydroxyl groups is 1. The number of amides is 8. The number of rotatable bonds is 25. The molecule has 0 saturated carbocycles. The topological polar surface area (TPSA) is 487 Å². The quantitative estimate of drug-likeness (QED) is 0.0123. The molecule has 4 fully saturated rings. The Hall–Kier alpha value is -6.71. The molecule has 524 valence electrons. The van der Waals surface area contributed by atoms with E-state index in [9.17, 15) is 89.6 Å². The van der Waals surface area contributed by atoms with Gasteiger partial charge in [-0.25, -0.2) is 0 Å². The van der Waals surface area contributed by atoms with Crippen LogP contribution in [0.25, 0.3) is 0 Å². The Bertz CT molecular complexity index is 3090. The van der Waals surface area contributed by atoms with E-state index in [2.05, 4.69) is 45.8 Å². The summed E-state index contributed by atoms with van der Waals surface area (Å²) in [6.07, 6.45) is -13.0. The molecule has 35 heteroatoms. The maximum Gasteiger partial charge on any atom is 1.00 e. The Balaban J connectivity index is 0.0000146. The number of phenolic OH excluding ortho intramolecular Hbond substituents is 1. The van der Waals surface area contributed by atoms with Crippen molar-refractivity contribution in [1.82, 2.24) is 36.4 Å². The van der Waals surface area contributed by atoms with Crippen LogP contribution < -0.4 is 85.9 Å². The number of ether oxygens (including phenoxy) is 2. The first-order valence-corrected chi connectivity index (χ1v) is 31.8. The molecule has 15 unspecified atom stereocenters.